The fraction of sp³-hybridized carbons (Fsp3) is 0.500. The third-order valence-corrected chi connectivity index (χ3v) is 4.51. The highest BCUT2D eigenvalue weighted by Gasteiger charge is 2.23. The molecule has 7 heteroatoms. The zero-order valence-electron chi connectivity index (χ0n) is 10.5. The molecule has 2 rings (SSSR count). The Kier molecular flexibility index (Phi) is 4.87. The summed E-state index contributed by atoms with van der Waals surface area (Å²) in [4.78, 5) is 0. The van der Waals surface area contributed by atoms with E-state index in [1.807, 2.05) is 0 Å². The minimum Gasteiger partial charge on any atom is -0.379 e. The summed E-state index contributed by atoms with van der Waals surface area (Å²) in [5, 5.41) is 0. The van der Waals surface area contributed by atoms with Crippen LogP contribution in [0.4, 0.5) is 4.39 Å². The Labute approximate surface area is 112 Å². The fourth-order valence-electron chi connectivity index (χ4n) is 1.90. The van der Waals surface area contributed by atoms with Crippen molar-refractivity contribution in [2.24, 2.45) is 0 Å². The molecular weight excluding hydrogens is 271 g/mol. The largest absolute Gasteiger partial charge is 0.379 e. The lowest BCUT2D eigenvalue weighted by atomic mass is 10.1. The second kappa shape index (κ2) is 6.42. The van der Waals surface area contributed by atoms with E-state index in [-0.39, 0.29) is 12.4 Å². The molecule has 1 heterocycles. The lowest BCUT2D eigenvalue weighted by Gasteiger charge is -2.26. The molecule has 0 amide bonds. The van der Waals surface area contributed by atoms with Gasteiger partial charge in [-0.1, -0.05) is 12.1 Å². The molecule has 1 saturated heterocycles. The summed E-state index contributed by atoms with van der Waals surface area (Å²) < 4.78 is 45.8. The van der Waals surface area contributed by atoms with Crippen molar-refractivity contribution < 1.29 is 17.5 Å². The maximum absolute atomic E-state index is 13.0. The SMILES string of the molecule is O=S(=O)(NCCc1cccc(F)c1)N1CCOCC1. The van der Waals surface area contributed by atoms with Crippen LogP contribution in [0.5, 0.6) is 0 Å². The molecule has 0 radical (unpaired) electrons. The fourth-order valence-corrected chi connectivity index (χ4v) is 3.07. The van der Waals surface area contributed by atoms with Crippen molar-refractivity contribution in [3.8, 4) is 0 Å². The molecule has 0 bridgehead atoms. The first-order valence-electron chi connectivity index (χ1n) is 6.15. The molecule has 1 aromatic carbocycles. The summed E-state index contributed by atoms with van der Waals surface area (Å²) in [6, 6.07) is 6.15. The van der Waals surface area contributed by atoms with Crippen LogP contribution in [0.15, 0.2) is 24.3 Å². The summed E-state index contributed by atoms with van der Waals surface area (Å²) in [6.07, 6.45) is 0.460. The van der Waals surface area contributed by atoms with E-state index in [4.69, 9.17) is 4.74 Å². The number of halogens is 1. The second-order valence-corrected chi connectivity index (χ2v) is 6.05. The van der Waals surface area contributed by atoms with E-state index in [9.17, 15) is 12.8 Å². The third kappa shape index (κ3) is 4.24. The Bertz CT molecular complexity index is 515. The predicted octanol–water partition coefficient (Wildman–Crippen LogP) is 0.535. The van der Waals surface area contributed by atoms with Gasteiger partial charge in [0.1, 0.15) is 5.82 Å². The minimum absolute atomic E-state index is 0.253. The van der Waals surface area contributed by atoms with E-state index in [0.717, 1.165) is 5.56 Å². The van der Waals surface area contributed by atoms with Gasteiger partial charge >= 0.3 is 0 Å². The number of hydrogen-bond acceptors (Lipinski definition) is 3. The third-order valence-electron chi connectivity index (χ3n) is 2.90. The van der Waals surface area contributed by atoms with Gasteiger partial charge in [-0.05, 0) is 24.1 Å². The van der Waals surface area contributed by atoms with E-state index < -0.39 is 10.2 Å². The number of benzene rings is 1. The van der Waals surface area contributed by atoms with Crippen LogP contribution in [0.2, 0.25) is 0 Å². The molecule has 0 atom stereocenters. The molecule has 1 N–H and O–H groups in total. The number of nitrogens with one attached hydrogen (secondary N) is 1. The van der Waals surface area contributed by atoms with Gasteiger partial charge in [-0.2, -0.15) is 12.7 Å². The van der Waals surface area contributed by atoms with Gasteiger partial charge in [0.25, 0.3) is 10.2 Å². The average Bonchev–Trinajstić information content (AvgIpc) is 2.40. The Hall–Kier alpha value is -1.02. The van der Waals surface area contributed by atoms with Crippen LogP contribution in [-0.2, 0) is 21.4 Å². The van der Waals surface area contributed by atoms with Crippen LogP contribution in [0.3, 0.4) is 0 Å². The lowest BCUT2D eigenvalue weighted by molar-refractivity contribution is 0.0725. The standard InChI is InChI=1S/C12H17FN2O3S/c13-12-3-1-2-11(10-12)4-5-14-19(16,17)15-6-8-18-9-7-15/h1-3,10,14H,4-9H2. The summed E-state index contributed by atoms with van der Waals surface area (Å²) in [5.74, 6) is -0.312. The van der Waals surface area contributed by atoms with Gasteiger partial charge in [-0.3, -0.25) is 0 Å². The monoisotopic (exact) mass is 288 g/mol. The van der Waals surface area contributed by atoms with E-state index in [2.05, 4.69) is 4.72 Å². The predicted molar refractivity (Wildman–Crippen MR) is 69.4 cm³/mol. The molecular formula is C12H17FN2O3S. The van der Waals surface area contributed by atoms with Crippen molar-refractivity contribution in [1.82, 2.24) is 9.03 Å². The number of rotatable bonds is 5. The molecule has 1 aliphatic heterocycles. The molecule has 0 aromatic heterocycles. The quantitative estimate of drug-likeness (QED) is 0.860. The maximum Gasteiger partial charge on any atom is 0.279 e. The van der Waals surface area contributed by atoms with Crippen LogP contribution in [0.25, 0.3) is 0 Å². The summed E-state index contributed by atoms with van der Waals surface area (Å²) in [7, 11) is -3.45. The zero-order chi connectivity index (χ0) is 13.7. The number of nitrogens with zero attached hydrogens (tertiary/aromatic N) is 1. The molecule has 106 valence electrons. The molecule has 1 aromatic rings. The van der Waals surface area contributed by atoms with Crippen LogP contribution in [0.1, 0.15) is 5.56 Å². The topological polar surface area (TPSA) is 58.6 Å². The van der Waals surface area contributed by atoms with Crippen LogP contribution < -0.4 is 4.72 Å². The molecule has 19 heavy (non-hydrogen) atoms. The highest BCUT2D eigenvalue weighted by Crippen LogP contribution is 2.05. The van der Waals surface area contributed by atoms with Crippen molar-refractivity contribution >= 4 is 10.2 Å². The highest BCUT2D eigenvalue weighted by molar-refractivity contribution is 7.87. The van der Waals surface area contributed by atoms with Crippen molar-refractivity contribution in [2.75, 3.05) is 32.8 Å². The van der Waals surface area contributed by atoms with Gasteiger partial charge < -0.3 is 4.74 Å². The first-order valence-corrected chi connectivity index (χ1v) is 7.59. The normalized spacial score (nSPS) is 17.5. The van der Waals surface area contributed by atoms with Gasteiger partial charge in [0.15, 0.2) is 0 Å². The smallest absolute Gasteiger partial charge is 0.279 e. The van der Waals surface area contributed by atoms with E-state index in [0.29, 0.717) is 32.7 Å². The first kappa shape index (κ1) is 14.4. The van der Waals surface area contributed by atoms with Crippen LogP contribution >= 0.6 is 0 Å². The summed E-state index contributed by atoms with van der Waals surface area (Å²) in [6.45, 7) is 1.84. The Morgan fingerprint density at radius 1 is 1.32 bits per heavy atom. The molecule has 1 aliphatic rings. The zero-order valence-corrected chi connectivity index (χ0v) is 11.3. The lowest BCUT2D eigenvalue weighted by Crippen LogP contribution is -2.47. The van der Waals surface area contributed by atoms with Crippen molar-refractivity contribution in [1.29, 1.82) is 0 Å². The molecule has 0 aliphatic carbocycles. The molecule has 5 nitrogen and oxygen atoms in total. The van der Waals surface area contributed by atoms with Gasteiger partial charge in [-0.15, -0.1) is 0 Å². The van der Waals surface area contributed by atoms with Gasteiger partial charge in [-0.25, -0.2) is 9.11 Å². The number of ether oxygens (including phenoxy) is 1. The van der Waals surface area contributed by atoms with Gasteiger partial charge in [0.05, 0.1) is 13.2 Å². The Balaban J connectivity index is 1.84. The van der Waals surface area contributed by atoms with Crippen LogP contribution in [0, 0.1) is 5.82 Å². The number of hydrogen-bond donors (Lipinski definition) is 1. The van der Waals surface area contributed by atoms with E-state index in [1.165, 1.54) is 16.4 Å². The summed E-state index contributed by atoms with van der Waals surface area (Å²) in [5.41, 5.74) is 0.768. The second-order valence-electron chi connectivity index (χ2n) is 4.29. The molecule has 0 unspecified atom stereocenters. The van der Waals surface area contributed by atoms with Crippen LogP contribution in [-0.4, -0.2) is 45.6 Å². The maximum atomic E-state index is 13.0. The van der Waals surface area contributed by atoms with E-state index >= 15 is 0 Å². The molecule has 1 fully saturated rings. The van der Waals surface area contributed by atoms with Gasteiger partial charge in [0, 0.05) is 19.6 Å². The van der Waals surface area contributed by atoms with Crippen molar-refractivity contribution in [3.63, 3.8) is 0 Å². The first-order chi connectivity index (χ1) is 9.08. The number of morpholine rings is 1. The van der Waals surface area contributed by atoms with Crippen molar-refractivity contribution in [3.05, 3.63) is 35.6 Å². The molecule has 0 saturated carbocycles. The molecule has 0 spiro atoms. The average molecular weight is 288 g/mol. The van der Waals surface area contributed by atoms with E-state index in [1.54, 1.807) is 12.1 Å². The van der Waals surface area contributed by atoms with Crippen molar-refractivity contribution in [2.45, 2.75) is 6.42 Å². The minimum atomic E-state index is -3.45. The van der Waals surface area contributed by atoms with Gasteiger partial charge in [0.2, 0.25) is 0 Å². The summed E-state index contributed by atoms with van der Waals surface area (Å²) >= 11 is 0. The Morgan fingerprint density at radius 2 is 2.05 bits per heavy atom. The highest BCUT2D eigenvalue weighted by atomic mass is 32.2. The Morgan fingerprint density at radius 3 is 2.74 bits per heavy atom.